The highest BCUT2D eigenvalue weighted by Crippen LogP contribution is 2.41. The molecular formula is C27H22FNO5. The molecule has 1 atom stereocenters. The lowest BCUT2D eigenvalue weighted by Gasteiger charge is -2.25. The molecule has 0 radical (unpaired) electrons. The first-order chi connectivity index (χ1) is 16.5. The van der Waals surface area contributed by atoms with Gasteiger partial charge in [0.15, 0.2) is 11.5 Å². The normalized spacial score (nSPS) is 18.9. The molecule has 6 nitrogen and oxygen atoms in total. The number of halogens is 1. The van der Waals surface area contributed by atoms with Crippen molar-refractivity contribution < 1.29 is 28.6 Å². The Labute approximate surface area is 195 Å². The van der Waals surface area contributed by atoms with Gasteiger partial charge in [0.1, 0.15) is 24.8 Å². The smallest absolute Gasteiger partial charge is 0.295 e. The number of ketones is 1. The predicted molar refractivity (Wildman–Crippen MR) is 123 cm³/mol. The zero-order valence-electron chi connectivity index (χ0n) is 18.2. The van der Waals surface area contributed by atoms with Crippen molar-refractivity contribution in [2.45, 2.75) is 12.5 Å². The second-order valence-electron chi connectivity index (χ2n) is 8.14. The summed E-state index contributed by atoms with van der Waals surface area (Å²) in [7, 11) is 0. The second-order valence-corrected chi connectivity index (χ2v) is 8.14. The summed E-state index contributed by atoms with van der Waals surface area (Å²) in [6.07, 6.45) is 0.431. The van der Waals surface area contributed by atoms with Crippen LogP contribution in [0.1, 0.15) is 22.7 Å². The van der Waals surface area contributed by atoms with Crippen molar-refractivity contribution in [3.63, 3.8) is 0 Å². The van der Waals surface area contributed by atoms with Crippen LogP contribution in [0.5, 0.6) is 11.5 Å². The summed E-state index contributed by atoms with van der Waals surface area (Å²) in [5.41, 5.74) is 1.93. The third-order valence-corrected chi connectivity index (χ3v) is 6.03. The second kappa shape index (κ2) is 9.02. The minimum atomic E-state index is -0.755. The molecule has 5 rings (SSSR count). The van der Waals surface area contributed by atoms with E-state index in [0.717, 1.165) is 5.56 Å². The van der Waals surface area contributed by atoms with Gasteiger partial charge in [-0.25, -0.2) is 4.39 Å². The Balaban J connectivity index is 1.54. The molecule has 2 heterocycles. The first kappa shape index (κ1) is 21.7. The van der Waals surface area contributed by atoms with E-state index in [4.69, 9.17) is 9.47 Å². The molecule has 0 aromatic heterocycles. The van der Waals surface area contributed by atoms with Crippen LogP contribution < -0.4 is 9.47 Å². The zero-order chi connectivity index (χ0) is 23.7. The lowest BCUT2D eigenvalue weighted by atomic mass is 9.95. The van der Waals surface area contributed by atoms with E-state index in [1.165, 1.54) is 17.0 Å². The van der Waals surface area contributed by atoms with E-state index in [1.54, 1.807) is 30.3 Å². The molecule has 0 saturated carbocycles. The molecular weight excluding hydrogens is 437 g/mol. The first-order valence-corrected chi connectivity index (χ1v) is 11.0. The summed E-state index contributed by atoms with van der Waals surface area (Å²) < 4.78 is 24.4. The molecule has 1 unspecified atom stereocenters. The van der Waals surface area contributed by atoms with Gasteiger partial charge in [-0.15, -0.1) is 0 Å². The van der Waals surface area contributed by atoms with Crippen LogP contribution in [0.2, 0.25) is 0 Å². The standard InChI is InChI=1S/C27H22FNO5/c28-20-9-6-17(7-10-20)12-13-29-24(18-4-2-1-3-5-18)23(26(31)27(29)32)25(30)19-8-11-21-22(16-19)34-15-14-33-21/h1-11,16,24,30H,12-15H2/b25-23-. The molecule has 3 aromatic carbocycles. The van der Waals surface area contributed by atoms with E-state index in [9.17, 15) is 19.1 Å². The Morgan fingerprint density at radius 2 is 1.65 bits per heavy atom. The summed E-state index contributed by atoms with van der Waals surface area (Å²) in [5, 5.41) is 11.2. The number of benzene rings is 3. The number of likely N-dealkylation sites (tertiary alicyclic amines) is 1. The number of rotatable bonds is 5. The molecule has 2 aliphatic heterocycles. The molecule has 172 valence electrons. The van der Waals surface area contributed by atoms with Crippen molar-refractivity contribution in [3.05, 3.63) is 101 Å². The van der Waals surface area contributed by atoms with Crippen LogP contribution in [-0.4, -0.2) is 41.5 Å². The zero-order valence-corrected chi connectivity index (χ0v) is 18.2. The van der Waals surface area contributed by atoms with Crippen LogP contribution in [0.25, 0.3) is 5.76 Å². The van der Waals surface area contributed by atoms with Gasteiger partial charge in [-0.1, -0.05) is 42.5 Å². The van der Waals surface area contributed by atoms with Gasteiger partial charge < -0.3 is 19.5 Å². The van der Waals surface area contributed by atoms with Gasteiger partial charge in [0.05, 0.1) is 11.6 Å². The lowest BCUT2D eigenvalue weighted by molar-refractivity contribution is -0.139. The Kier molecular flexibility index (Phi) is 5.76. The maximum atomic E-state index is 13.3. The molecule has 3 aromatic rings. The van der Waals surface area contributed by atoms with E-state index in [-0.39, 0.29) is 23.7 Å². The Bertz CT molecular complexity index is 1270. The van der Waals surface area contributed by atoms with Gasteiger partial charge in [-0.05, 0) is 47.9 Å². The fourth-order valence-electron chi connectivity index (χ4n) is 4.34. The molecule has 0 bridgehead atoms. The molecule has 34 heavy (non-hydrogen) atoms. The van der Waals surface area contributed by atoms with Crippen LogP contribution in [0, 0.1) is 5.82 Å². The molecule has 0 aliphatic carbocycles. The van der Waals surface area contributed by atoms with Gasteiger partial charge in [0.2, 0.25) is 0 Å². The van der Waals surface area contributed by atoms with Gasteiger partial charge in [0.25, 0.3) is 11.7 Å². The Morgan fingerprint density at radius 3 is 2.38 bits per heavy atom. The highest BCUT2D eigenvalue weighted by atomic mass is 19.1. The van der Waals surface area contributed by atoms with Gasteiger partial charge >= 0.3 is 0 Å². The summed E-state index contributed by atoms with van der Waals surface area (Å²) in [6.45, 7) is 1.05. The molecule has 1 fully saturated rings. The average Bonchev–Trinajstić information content (AvgIpc) is 3.13. The van der Waals surface area contributed by atoms with Crippen LogP contribution in [0.3, 0.4) is 0 Å². The number of carbonyl (C=O) groups excluding carboxylic acids is 2. The summed E-state index contributed by atoms with van der Waals surface area (Å²) in [4.78, 5) is 27.7. The molecule has 1 amide bonds. The predicted octanol–water partition coefficient (Wildman–Crippen LogP) is 4.26. The monoisotopic (exact) mass is 459 g/mol. The largest absolute Gasteiger partial charge is 0.507 e. The van der Waals surface area contributed by atoms with E-state index >= 15 is 0 Å². The average molecular weight is 459 g/mol. The van der Waals surface area contributed by atoms with E-state index in [2.05, 4.69) is 0 Å². The molecule has 0 spiro atoms. The number of amides is 1. The fourth-order valence-corrected chi connectivity index (χ4v) is 4.34. The SMILES string of the molecule is O=C1C(=O)N(CCc2ccc(F)cc2)C(c2ccccc2)/C1=C(/O)c1ccc2c(c1)OCCO2. The highest BCUT2D eigenvalue weighted by Gasteiger charge is 2.45. The van der Waals surface area contributed by atoms with Crippen molar-refractivity contribution in [2.75, 3.05) is 19.8 Å². The number of fused-ring (bicyclic) bond motifs is 1. The van der Waals surface area contributed by atoms with Crippen molar-refractivity contribution in [2.24, 2.45) is 0 Å². The topological polar surface area (TPSA) is 76.1 Å². The molecule has 7 heteroatoms. The summed E-state index contributed by atoms with van der Waals surface area (Å²) in [6, 6.07) is 19.3. The van der Waals surface area contributed by atoms with Crippen LogP contribution in [0.4, 0.5) is 4.39 Å². The van der Waals surface area contributed by atoms with E-state index < -0.39 is 17.7 Å². The highest BCUT2D eigenvalue weighted by molar-refractivity contribution is 6.46. The van der Waals surface area contributed by atoms with Crippen LogP contribution >= 0.6 is 0 Å². The number of hydrogen-bond acceptors (Lipinski definition) is 5. The number of aliphatic hydroxyl groups is 1. The summed E-state index contributed by atoms with van der Waals surface area (Å²) in [5.74, 6) is -1.02. The third-order valence-electron chi connectivity index (χ3n) is 6.03. The Morgan fingerprint density at radius 1 is 0.941 bits per heavy atom. The van der Waals surface area contributed by atoms with Gasteiger partial charge in [-0.2, -0.15) is 0 Å². The number of carbonyl (C=O) groups is 2. The minimum Gasteiger partial charge on any atom is -0.507 e. The van der Waals surface area contributed by atoms with E-state index in [1.807, 2.05) is 30.3 Å². The number of aliphatic hydroxyl groups excluding tert-OH is 1. The van der Waals surface area contributed by atoms with Gasteiger partial charge in [-0.3, -0.25) is 9.59 Å². The maximum Gasteiger partial charge on any atom is 0.295 e. The quantitative estimate of drug-likeness (QED) is 0.351. The van der Waals surface area contributed by atoms with Gasteiger partial charge in [0, 0.05) is 12.1 Å². The fraction of sp³-hybridized carbons (Fsp3) is 0.185. The number of hydrogen-bond donors (Lipinski definition) is 1. The number of ether oxygens (including phenoxy) is 2. The molecule has 1 N–H and O–H groups in total. The van der Waals surface area contributed by atoms with Crippen molar-refractivity contribution in [1.29, 1.82) is 0 Å². The van der Waals surface area contributed by atoms with Crippen molar-refractivity contribution in [1.82, 2.24) is 4.90 Å². The number of nitrogens with zero attached hydrogens (tertiary/aromatic N) is 1. The van der Waals surface area contributed by atoms with E-state index in [0.29, 0.717) is 42.3 Å². The van der Waals surface area contributed by atoms with Crippen LogP contribution in [0.15, 0.2) is 78.4 Å². The first-order valence-electron chi connectivity index (χ1n) is 11.0. The minimum absolute atomic E-state index is 0.0204. The Hall–Kier alpha value is -4.13. The third kappa shape index (κ3) is 4.01. The van der Waals surface area contributed by atoms with Crippen molar-refractivity contribution in [3.8, 4) is 11.5 Å². The lowest BCUT2D eigenvalue weighted by Crippen LogP contribution is -2.31. The summed E-state index contributed by atoms with van der Waals surface area (Å²) >= 11 is 0. The van der Waals surface area contributed by atoms with Crippen LogP contribution in [-0.2, 0) is 16.0 Å². The van der Waals surface area contributed by atoms with Crippen molar-refractivity contribution >= 4 is 17.4 Å². The molecule has 2 aliphatic rings. The molecule has 1 saturated heterocycles. The number of Topliss-reactive ketones (excluding diaryl/α,β-unsaturated/α-hetero) is 1. The maximum absolute atomic E-state index is 13.3.